The molecule has 0 aromatic heterocycles. The van der Waals surface area contributed by atoms with E-state index in [-0.39, 0.29) is 18.0 Å². The molecule has 2 heterocycles. The summed E-state index contributed by atoms with van der Waals surface area (Å²) in [6.07, 6.45) is 2.60. The number of anilines is 2. The second-order valence-corrected chi connectivity index (χ2v) is 10.2. The summed E-state index contributed by atoms with van der Waals surface area (Å²) >= 11 is 3.41. The number of rotatable bonds is 4. The highest BCUT2D eigenvalue weighted by atomic mass is 79.9. The predicted molar refractivity (Wildman–Crippen MR) is 136 cm³/mol. The molecule has 2 aromatic carbocycles. The number of hydrogen-bond donors (Lipinski definition) is 2. The number of carbonyl (C=O) groups is 2. The van der Waals surface area contributed by atoms with Crippen LogP contribution in [0.25, 0.3) is 0 Å². The molecular formula is C25H32BrN5O2. The molecule has 0 spiro atoms. The number of likely N-dealkylation sites (N-methyl/N-ethyl adjacent to an activating group) is 2. The number of halogens is 1. The topological polar surface area (TPSA) is 67.9 Å². The van der Waals surface area contributed by atoms with Gasteiger partial charge in [0.15, 0.2) is 0 Å². The van der Waals surface area contributed by atoms with E-state index in [4.69, 9.17) is 0 Å². The van der Waals surface area contributed by atoms with Gasteiger partial charge in [0.2, 0.25) is 5.91 Å². The van der Waals surface area contributed by atoms with Crippen molar-refractivity contribution in [3.8, 4) is 0 Å². The number of nitrogens with zero attached hydrogens (tertiary/aromatic N) is 3. The average Bonchev–Trinajstić information content (AvgIpc) is 3.16. The van der Waals surface area contributed by atoms with E-state index in [0.29, 0.717) is 18.7 Å². The molecule has 4 rings (SSSR count). The fourth-order valence-corrected chi connectivity index (χ4v) is 4.79. The second kappa shape index (κ2) is 10.2. The summed E-state index contributed by atoms with van der Waals surface area (Å²) in [7, 11) is 6.11. The van der Waals surface area contributed by atoms with Crippen molar-refractivity contribution in [2.24, 2.45) is 0 Å². The first-order valence-corrected chi connectivity index (χ1v) is 12.2. The van der Waals surface area contributed by atoms with Crippen LogP contribution in [-0.2, 0) is 17.6 Å². The number of benzene rings is 2. The van der Waals surface area contributed by atoms with Crippen LogP contribution in [0, 0.1) is 0 Å². The predicted octanol–water partition coefficient (Wildman–Crippen LogP) is 3.65. The lowest BCUT2D eigenvalue weighted by Gasteiger charge is -2.24. The summed E-state index contributed by atoms with van der Waals surface area (Å²) < 4.78 is 0.944. The van der Waals surface area contributed by atoms with E-state index in [0.717, 1.165) is 36.1 Å². The molecule has 3 amide bonds. The van der Waals surface area contributed by atoms with Gasteiger partial charge in [-0.3, -0.25) is 4.79 Å². The third-order valence-corrected chi connectivity index (χ3v) is 7.20. The van der Waals surface area contributed by atoms with Crippen LogP contribution in [-0.4, -0.2) is 79.5 Å². The molecule has 1 unspecified atom stereocenters. The van der Waals surface area contributed by atoms with Crippen LogP contribution < -0.4 is 10.6 Å². The number of amides is 3. The Labute approximate surface area is 204 Å². The monoisotopic (exact) mass is 513 g/mol. The molecule has 1 saturated heterocycles. The lowest BCUT2D eigenvalue weighted by molar-refractivity contribution is -0.119. The number of hydrogen-bond acceptors (Lipinski definition) is 4. The van der Waals surface area contributed by atoms with E-state index in [1.807, 2.05) is 44.4 Å². The van der Waals surface area contributed by atoms with Crippen molar-refractivity contribution in [3.05, 3.63) is 58.1 Å². The van der Waals surface area contributed by atoms with Gasteiger partial charge in [-0.1, -0.05) is 22.0 Å². The Kier molecular flexibility index (Phi) is 7.36. The Morgan fingerprint density at radius 3 is 2.33 bits per heavy atom. The van der Waals surface area contributed by atoms with Gasteiger partial charge in [0.1, 0.15) is 6.04 Å². The van der Waals surface area contributed by atoms with Crippen molar-refractivity contribution in [2.45, 2.75) is 31.3 Å². The summed E-state index contributed by atoms with van der Waals surface area (Å²) in [5.74, 6) is -0.143. The maximum absolute atomic E-state index is 13.3. The molecule has 0 saturated carbocycles. The van der Waals surface area contributed by atoms with E-state index >= 15 is 0 Å². The van der Waals surface area contributed by atoms with Gasteiger partial charge in [0.05, 0.1) is 0 Å². The zero-order chi connectivity index (χ0) is 23.5. The van der Waals surface area contributed by atoms with E-state index in [2.05, 4.69) is 55.5 Å². The van der Waals surface area contributed by atoms with Crippen molar-refractivity contribution in [2.75, 3.05) is 51.4 Å². The molecule has 1 fully saturated rings. The lowest BCUT2D eigenvalue weighted by atomic mass is 10.0. The minimum Gasteiger partial charge on any atom is -0.324 e. The van der Waals surface area contributed by atoms with E-state index in [1.54, 1.807) is 4.90 Å². The zero-order valence-electron chi connectivity index (χ0n) is 19.5. The molecule has 2 atom stereocenters. The van der Waals surface area contributed by atoms with Gasteiger partial charge in [-0.05, 0) is 87.9 Å². The number of nitrogens with one attached hydrogen (secondary N) is 2. The quantitative estimate of drug-likeness (QED) is 0.654. The maximum atomic E-state index is 13.3. The number of carbonyl (C=O) groups excluding carboxylic acids is 2. The third kappa shape index (κ3) is 5.75. The molecule has 2 aliphatic heterocycles. The molecule has 7 nitrogen and oxygen atoms in total. The van der Waals surface area contributed by atoms with Crippen LogP contribution in [0.2, 0.25) is 0 Å². The van der Waals surface area contributed by atoms with E-state index in [1.165, 1.54) is 11.1 Å². The summed E-state index contributed by atoms with van der Waals surface area (Å²) in [5.41, 5.74) is 4.14. The number of likely N-dealkylation sites (tertiary alicyclic amines) is 1. The third-order valence-electron chi connectivity index (χ3n) is 6.67. The summed E-state index contributed by atoms with van der Waals surface area (Å²) in [5, 5.41) is 6.02. The molecule has 0 radical (unpaired) electrons. The SMILES string of the molecule is CN1CCc2ccc(NC(=O)[C@H]3CC(N(C)C)CN3C(=O)Nc3ccc(Br)cc3)cc2CC1. The number of urea groups is 1. The van der Waals surface area contributed by atoms with Crippen molar-refractivity contribution in [3.63, 3.8) is 0 Å². The highest BCUT2D eigenvalue weighted by Gasteiger charge is 2.40. The summed E-state index contributed by atoms with van der Waals surface area (Å²) in [6.45, 7) is 2.57. The molecule has 0 aliphatic carbocycles. The fourth-order valence-electron chi connectivity index (χ4n) is 4.53. The second-order valence-electron chi connectivity index (χ2n) is 9.23. The number of fused-ring (bicyclic) bond motifs is 1. The molecule has 0 bridgehead atoms. The minimum atomic E-state index is -0.530. The highest BCUT2D eigenvalue weighted by Crippen LogP contribution is 2.25. The highest BCUT2D eigenvalue weighted by molar-refractivity contribution is 9.10. The van der Waals surface area contributed by atoms with Crippen LogP contribution in [0.1, 0.15) is 17.5 Å². The largest absolute Gasteiger partial charge is 0.324 e. The van der Waals surface area contributed by atoms with Gasteiger partial charge in [-0.25, -0.2) is 4.79 Å². The summed E-state index contributed by atoms with van der Waals surface area (Å²) in [6, 6.07) is 13.0. The molecule has 33 heavy (non-hydrogen) atoms. The first kappa shape index (κ1) is 23.7. The van der Waals surface area contributed by atoms with Crippen molar-refractivity contribution in [1.29, 1.82) is 0 Å². The Balaban J connectivity index is 1.48. The fraction of sp³-hybridized carbons (Fsp3) is 0.440. The Morgan fingerprint density at radius 1 is 0.970 bits per heavy atom. The molecular weight excluding hydrogens is 482 g/mol. The van der Waals surface area contributed by atoms with Crippen molar-refractivity contribution < 1.29 is 9.59 Å². The molecule has 8 heteroatoms. The maximum Gasteiger partial charge on any atom is 0.322 e. The van der Waals surface area contributed by atoms with Gasteiger partial charge in [-0.2, -0.15) is 0 Å². The smallest absolute Gasteiger partial charge is 0.322 e. The Morgan fingerprint density at radius 2 is 1.64 bits per heavy atom. The van der Waals surface area contributed by atoms with Gasteiger partial charge in [-0.15, -0.1) is 0 Å². The molecule has 2 aliphatic rings. The van der Waals surface area contributed by atoms with Crippen molar-refractivity contribution >= 4 is 39.2 Å². The molecule has 176 valence electrons. The van der Waals surface area contributed by atoms with E-state index < -0.39 is 6.04 Å². The van der Waals surface area contributed by atoms with Gasteiger partial charge >= 0.3 is 6.03 Å². The normalized spacial score (nSPS) is 20.9. The Hall–Kier alpha value is -2.42. The van der Waals surface area contributed by atoms with Crippen LogP contribution in [0.15, 0.2) is 46.9 Å². The van der Waals surface area contributed by atoms with Crippen LogP contribution in [0.4, 0.5) is 16.2 Å². The standard InChI is InChI=1S/C25H32BrN5O2/c1-29(2)22-15-23(31(16-22)25(33)28-20-8-5-19(26)6-9-20)24(32)27-21-7-4-17-10-12-30(3)13-11-18(17)14-21/h4-9,14,22-23H,10-13,15-16H2,1-3H3,(H,27,32)(H,28,33)/t22?,23-/m1/s1. The van der Waals surface area contributed by atoms with Crippen molar-refractivity contribution in [1.82, 2.24) is 14.7 Å². The van der Waals surface area contributed by atoms with Gasteiger partial charge < -0.3 is 25.3 Å². The first-order chi connectivity index (χ1) is 15.8. The van der Waals surface area contributed by atoms with Crippen LogP contribution >= 0.6 is 15.9 Å². The lowest BCUT2D eigenvalue weighted by Crippen LogP contribution is -2.45. The summed E-state index contributed by atoms with van der Waals surface area (Å²) in [4.78, 5) is 32.5. The van der Waals surface area contributed by atoms with Gasteiger partial charge in [0, 0.05) is 41.5 Å². The van der Waals surface area contributed by atoms with Crippen LogP contribution in [0.3, 0.4) is 0 Å². The Bertz CT molecular complexity index is 1010. The molecule has 2 N–H and O–H groups in total. The average molecular weight is 514 g/mol. The molecule has 2 aromatic rings. The first-order valence-electron chi connectivity index (χ1n) is 11.4. The van der Waals surface area contributed by atoms with Crippen LogP contribution in [0.5, 0.6) is 0 Å². The zero-order valence-corrected chi connectivity index (χ0v) is 21.1. The van der Waals surface area contributed by atoms with Gasteiger partial charge in [0.25, 0.3) is 0 Å². The minimum absolute atomic E-state index is 0.124. The van der Waals surface area contributed by atoms with E-state index in [9.17, 15) is 9.59 Å².